The maximum absolute atomic E-state index is 11.9. The Morgan fingerprint density at radius 2 is 1.79 bits per heavy atom. The van der Waals surface area contributed by atoms with Gasteiger partial charge in [0.15, 0.2) is 28.7 Å². The summed E-state index contributed by atoms with van der Waals surface area (Å²) in [5, 5.41) is 41.3. The smallest absolute Gasteiger partial charge is 0.271 e. The lowest BCUT2D eigenvalue weighted by molar-refractivity contribution is 0.0954. The topological polar surface area (TPSA) is 132 Å². The standard InChI is InChI=1S/C16H16N2O6/c1-2-24-14-5-9(3-4-11(14)19)8-17-18-16(23)10-6-12(20)15(22)13(21)7-10/h3-8,19-22H,2H2,1H3,(H,18,23)/b17-8+. The maximum Gasteiger partial charge on any atom is 0.271 e. The molecule has 5 N–H and O–H groups in total. The van der Waals surface area contributed by atoms with Crippen molar-refractivity contribution in [2.75, 3.05) is 6.61 Å². The predicted octanol–water partition coefficient (Wildman–Crippen LogP) is 1.67. The third-order valence-electron chi connectivity index (χ3n) is 3.00. The highest BCUT2D eigenvalue weighted by molar-refractivity contribution is 5.96. The largest absolute Gasteiger partial charge is 0.504 e. The molecule has 0 heterocycles. The Labute approximate surface area is 137 Å². The van der Waals surface area contributed by atoms with Crippen molar-refractivity contribution in [2.24, 2.45) is 5.10 Å². The number of hydrogen-bond donors (Lipinski definition) is 5. The minimum atomic E-state index is -0.706. The summed E-state index contributed by atoms with van der Waals surface area (Å²) in [6, 6.07) is 6.55. The van der Waals surface area contributed by atoms with Crippen LogP contribution in [0.5, 0.6) is 28.7 Å². The van der Waals surface area contributed by atoms with Crippen LogP contribution < -0.4 is 10.2 Å². The van der Waals surface area contributed by atoms with Gasteiger partial charge in [0, 0.05) is 5.56 Å². The zero-order valence-electron chi connectivity index (χ0n) is 12.7. The maximum atomic E-state index is 11.9. The Morgan fingerprint density at radius 1 is 1.12 bits per heavy atom. The molecule has 126 valence electrons. The van der Waals surface area contributed by atoms with E-state index in [0.29, 0.717) is 17.9 Å². The Balaban J connectivity index is 2.09. The van der Waals surface area contributed by atoms with Gasteiger partial charge in [-0.15, -0.1) is 0 Å². The number of benzene rings is 2. The Kier molecular flexibility index (Phi) is 5.10. The molecule has 0 saturated heterocycles. The van der Waals surface area contributed by atoms with E-state index in [1.54, 1.807) is 19.1 Å². The lowest BCUT2D eigenvalue weighted by atomic mass is 10.2. The first-order chi connectivity index (χ1) is 11.4. The Hall–Kier alpha value is -3.42. The molecule has 2 rings (SSSR count). The van der Waals surface area contributed by atoms with E-state index >= 15 is 0 Å². The highest BCUT2D eigenvalue weighted by Crippen LogP contribution is 2.35. The van der Waals surface area contributed by atoms with Crippen molar-refractivity contribution >= 4 is 12.1 Å². The van der Waals surface area contributed by atoms with Crippen LogP contribution in [-0.4, -0.2) is 39.2 Å². The zero-order chi connectivity index (χ0) is 17.7. The molecule has 8 nitrogen and oxygen atoms in total. The van der Waals surface area contributed by atoms with Gasteiger partial charge in [0.25, 0.3) is 5.91 Å². The van der Waals surface area contributed by atoms with Gasteiger partial charge in [-0.3, -0.25) is 4.79 Å². The Morgan fingerprint density at radius 3 is 2.42 bits per heavy atom. The van der Waals surface area contributed by atoms with Gasteiger partial charge in [-0.25, -0.2) is 5.43 Å². The van der Waals surface area contributed by atoms with Gasteiger partial charge >= 0.3 is 0 Å². The fourth-order valence-corrected chi connectivity index (χ4v) is 1.85. The molecule has 8 heteroatoms. The lowest BCUT2D eigenvalue weighted by Gasteiger charge is -2.06. The normalized spacial score (nSPS) is 10.7. The third kappa shape index (κ3) is 3.86. The van der Waals surface area contributed by atoms with E-state index in [0.717, 1.165) is 12.1 Å². The third-order valence-corrected chi connectivity index (χ3v) is 3.00. The molecule has 0 aliphatic heterocycles. The molecule has 0 bridgehead atoms. The number of nitrogens with zero attached hydrogens (tertiary/aromatic N) is 1. The summed E-state index contributed by atoms with van der Waals surface area (Å²) >= 11 is 0. The van der Waals surface area contributed by atoms with Gasteiger partial charge in [-0.2, -0.15) is 5.10 Å². The number of hydrazone groups is 1. The highest BCUT2D eigenvalue weighted by Gasteiger charge is 2.13. The van der Waals surface area contributed by atoms with Crippen molar-refractivity contribution in [1.82, 2.24) is 5.43 Å². The van der Waals surface area contributed by atoms with E-state index in [4.69, 9.17) is 4.74 Å². The van der Waals surface area contributed by atoms with Crippen LogP contribution in [0.1, 0.15) is 22.8 Å². The molecule has 0 spiro atoms. The molecule has 0 unspecified atom stereocenters. The zero-order valence-corrected chi connectivity index (χ0v) is 12.7. The second kappa shape index (κ2) is 7.23. The molecule has 0 aliphatic carbocycles. The molecule has 2 aromatic rings. The van der Waals surface area contributed by atoms with E-state index in [9.17, 15) is 25.2 Å². The molecular formula is C16H16N2O6. The molecule has 0 aromatic heterocycles. The van der Waals surface area contributed by atoms with E-state index < -0.39 is 23.2 Å². The van der Waals surface area contributed by atoms with Crippen LogP contribution >= 0.6 is 0 Å². The van der Waals surface area contributed by atoms with Gasteiger partial charge in [-0.05, 0) is 42.8 Å². The summed E-state index contributed by atoms with van der Waals surface area (Å²) in [7, 11) is 0. The van der Waals surface area contributed by atoms with Crippen LogP contribution in [0.3, 0.4) is 0 Å². The molecule has 0 fully saturated rings. The van der Waals surface area contributed by atoms with Gasteiger partial charge in [0.2, 0.25) is 0 Å². The van der Waals surface area contributed by atoms with E-state index in [1.807, 2.05) is 0 Å². The Bertz CT molecular complexity index is 765. The molecule has 1 amide bonds. The molecule has 0 aliphatic rings. The summed E-state index contributed by atoms with van der Waals surface area (Å²) in [5.41, 5.74) is 2.70. The molecule has 24 heavy (non-hydrogen) atoms. The van der Waals surface area contributed by atoms with Crippen molar-refractivity contribution in [2.45, 2.75) is 6.92 Å². The number of rotatable bonds is 5. The number of phenolic OH excluding ortho intramolecular Hbond substituents is 4. The second-order valence-corrected chi connectivity index (χ2v) is 4.72. The first kappa shape index (κ1) is 16.9. The number of hydrogen-bond acceptors (Lipinski definition) is 7. The van der Waals surface area contributed by atoms with Crippen molar-refractivity contribution in [3.63, 3.8) is 0 Å². The van der Waals surface area contributed by atoms with Crippen LogP contribution in [-0.2, 0) is 0 Å². The van der Waals surface area contributed by atoms with Crippen molar-refractivity contribution in [3.05, 3.63) is 41.5 Å². The van der Waals surface area contributed by atoms with Crippen LogP contribution in [0.15, 0.2) is 35.4 Å². The fourth-order valence-electron chi connectivity index (χ4n) is 1.85. The van der Waals surface area contributed by atoms with Gasteiger partial charge < -0.3 is 25.2 Å². The van der Waals surface area contributed by atoms with Gasteiger partial charge in [-0.1, -0.05) is 0 Å². The fraction of sp³-hybridized carbons (Fsp3) is 0.125. The number of carbonyl (C=O) groups is 1. The minimum absolute atomic E-state index is 0.00641. The molecule has 0 saturated carbocycles. The summed E-state index contributed by atoms with van der Waals surface area (Å²) in [6.45, 7) is 2.17. The summed E-state index contributed by atoms with van der Waals surface area (Å²) in [5.74, 6) is -2.36. The van der Waals surface area contributed by atoms with Crippen molar-refractivity contribution in [1.29, 1.82) is 0 Å². The first-order valence-electron chi connectivity index (χ1n) is 6.96. The number of aromatic hydroxyl groups is 4. The first-order valence-corrected chi connectivity index (χ1v) is 6.96. The van der Waals surface area contributed by atoms with Crippen LogP contribution in [0.25, 0.3) is 0 Å². The van der Waals surface area contributed by atoms with Gasteiger partial charge in [0.1, 0.15) is 0 Å². The average molecular weight is 332 g/mol. The van der Waals surface area contributed by atoms with E-state index in [-0.39, 0.29) is 11.3 Å². The monoisotopic (exact) mass is 332 g/mol. The molecule has 0 radical (unpaired) electrons. The SMILES string of the molecule is CCOc1cc(/C=N/NC(=O)c2cc(O)c(O)c(O)c2)ccc1O. The van der Waals surface area contributed by atoms with E-state index in [2.05, 4.69) is 10.5 Å². The molecule has 2 aromatic carbocycles. The second-order valence-electron chi connectivity index (χ2n) is 4.72. The minimum Gasteiger partial charge on any atom is -0.504 e. The quantitative estimate of drug-likeness (QED) is 0.321. The van der Waals surface area contributed by atoms with Crippen LogP contribution in [0.4, 0.5) is 0 Å². The van der Waals surface area contributed by atoms with Crippen molar-refractivity contribution in [3.8, 4) is 28.7 Å². The van der Waals surface area contributed by atoms with Crippen LogP contribution in [0.2, 0.25) is 0 Å². The lowest BCUT2D eigenvalue weighted by Crippen LogP contribution is -2.17. The highest BCUT2D eigenvalue weighted by atomic mass is 16.5. The van der Waals surface area contributed by atoms with E-state index in [1.165, 1.54) is 12.3 Å². The average Bonchev–Trinajstić information content (AvgIpc) is 2.55. The predicted molar refractivity (Wildman–Crippen MR) is 85.8 cm³/mol. The summed E-state index contributed by atoms with van der Waals surface area (Å²) in [6.07, 6.45) is 1.33. The van der Waals surface area contributed by atoms with Crippen LogP contribution in [0, 0.1) is 0 Å². The number of amides is 1. The molecule has 0 atom stereocenters. The number of ether oxygens (including phenoxy) is 1. The summed E-state index contributed by atoms with van der Waals surface area (Å²) < 4.78 is 5.23. The summed E-state index contributed by atoms with van der Waals surface area (Å²) in [4.78, 5) is 11.9. The number of nitrogens with one attached hydrogen (secondary N) is 1. The van der Waals surface area contributed by atoms with Gasteiger partial charge in [0.05, 0.1) is 12.8 Å². The number of phenols is 4. The molecular weight excluding hydrogens is 316 g/mol. The number of carbonyl (C=O) groups excluding carboxylic acids is 1. The van der Waals surface area contributed by atoms with Crippen molar-refractivity contribution < 1.29 is 30.0 Å².